The fourth-order valence-corrected chi connectivity index (χ4v) is 3.19. The fraction of sp³-hybridized carbons (Fsp3) is 0.647. The van der Waals surface area contributed by atoms with E-state index in [1.807, 2.05) is 18.7 Å². The van der Waals surface area contributed by atoms with Gasteiger partial charge in [-0.2, -0.15) is 0 Å². The molecule has 1 heterocycles. The third-order valence-electron chi connectivity index (χ3n) is 3.07. The van der Waals surface area contributed by atoms with Gasteiger partial charge in [-0.15, -0.1) is 11.8 Å². The average molecular weight is 295 g/mol. The van der Waals surface area contributed by atoms with Crippen LogP contribution in [0.3, 0.4) is 0 Å². The summed E-state index contributed by atoms with van der Waals surface area (Å²) in [7, 11) is 0. The van der Waals surface area contributed by atoms with Gasteiger partial charge in [0.05, 0.1) is 6.61 Å². The predicted octanol–water partition coefficient (Wildman–Crippen LogP) is 4.52. The Morgan fingerprint density at radius 3 is 2.55 bits per heavy atom. The van der Waals surface area contributed by atoms with E-state index < -0.39 is 0 Å². The molecule has 1 aliphatic heterocycles. The van der Waals surface area contributed by atoms with Gasteiger partial charge in [0.25, 0.3) is 0 Å². The van der Waals surface area contributed by atoms with Crippen molar-refractivity contribution < 1.29 is 4.74 Å². The summed E-state index contributed by atoms with van der Waals surface area (Å²) in [5.74, 6) is 2.34. The number of benzene rings is 1. The van der Waals surface area contributed by atoms with Gasteiger partial charge in [0.1, 0.15) is 5.75 Å². The molecular weight excluding hydrogens is 266 g/mol. The lowest BCUT2D eigenvalue weighted by molar-refractivity contribution is 0.335. The lowest BCUT2D eigenvalue weighted by Crippen LogP contribution is -2.14. The lowest BCUT2D eigenvalue weighted by Gasteiger charge is -2.18. The maximum atomic E-state index is 5.59. The summed E-state index contributed by atoms with van der Waals surface area (Å²) in [6.45, 7) is 9.52. The molecule has 0 saturated heterocycles. The van der Waals surface area contributed by atoms with Crippen molar-refractivity contribution in [3.05, 3.63) is 23.8 Å². The minimum absolute atomic E-state index is 0.765. The normalized spacial score (nSPS) is 13.2. The van der Waals surface area contributed by atoms with Gasteiger partial charge in [-0.3, -0.25) is 0 Å². The van der Waals surface area contributed by atoms with Crippen molar-refractivity contribution >= 4 is 11.8 Å². The third kappa shape index (κ3) is 6.19. The van der Waals surface area contributed by atoms with Gasteiger partial charge in [0.2, 0.25) is 0 Å². The van der Waals surface area contributed by atoms with E-state index in [9.17, 15) is 0 Å². The summed E-state index contributed by atoms with van der Waals surface area (Å²) in [6, 6.07) is 6.36. The highest BCUT2D eigenvalue weighted by atomic mass is 32.2. The van der Waals surface area contributed by atoms with Crippen LogP contribution in [0.4, 0.5) is 0 Å². The largest absolute Gasteiger partial charge is 0.494 e. The monoisotopic (exact) mass is 295 g/mol. The molecular formula is C17H29NOS. The Labute approximate surface area is 128 Å². The molecule has 1 aromatic carbocycles. The van der Waals surface area contributed by atoms with E-state index in [2.05, 4.69) is 37.4 Å². The van der Waals surface area contributed by atoms with Crippen molar-refractivity contribution in [1.29, 1.82) is 0 Å². The van der Waals surface area contributed by atoms with Crippen LogP contribution in [-0.2, 0) is 6.42 Å². The molecule has 0 fully saturated rings. The lowest BCUT2D eigenvalue weighted by atomic mass is 10.1. The van der Waals surface area contributed by atoms with Crippen LogP contribution in [0.25, 0.3) is 0 Å². The second kappa shape index (κ2) is 11.0. The van der Waals surface area contributed by atoms with Crippen molar-refractivity contribution in [1.82, 2.24) is 5.32 Å². The molecule has 3 heteroatoms. The molecule has 114 valence electrons. The van der Waals surface area contributed by atoms with Gasteiger partial charge in [-0.1, -0.05) is 19.9 Å². The van der Waals surface area contributed by atoms with Crippen LogP contribution in [0.2, 0.25) is 0 Å². The summed E-state index contributed by atoms with van der Waals surface area (Å²) in [5, 5.41) is 3.28. The topological polar surface area (TPSA) is 21.3 Å². The zero-order valence-corrected chi connectivity index (χ0v) is 14.0. The van der Waals surface area contributed by atoms with E-state index in [0.29, 0.717) is 0 Å². The molecule has 0 aliphatic carbocycles. The molecule has 0 spiro atoms. The number of thioether (sulfide) groups is 1. The molecule has 0 amide bonds. The second-order valence-corrected chi connectivity index (χ2v) is 6.00. The highest BCUT2D eigenvalue weighted by Gasteiger charge is 2.13. The van der Waals surface area contributed by atoms with Gasteiger partial charge in [0, 0.05) is 10.5 Å². The van der Waals surface area contributed by atoms with Crippen molar-refractivity contribution in [3.63, 3.8) is 0 Å². The Kier molecular flexibility index (Phi) is 9.60. The van der Waals surface area contributed by atoms with Crippen LogP contribution in [0.1, 0.15) is 45.6 Å². The van der Waals surface area contributed by atoms with Gasteiger partial charge >= 0.3 is 0 Å². The molecule has 0 radical (unpaired) electrons. The maximum Gasteiger partial charge on any atom is 0.123 e. The molecule has 2 nitrogen and oxygen atoms in total. The van der Waals surface area contributed by atoms with Gasteiger partial charge < -0.3 is 10.1 Å². The Morgan fingerprint density at radius 1 is 1.15 bits per heavy atom. The number of rotatable bonds is 6. The summed E-state index contributed by atoms with van der Waals surface area (Å²) in [4.78, 5) is 1.41. The molecule has 0 aromatic heterocycles. The SMILES string of the molecule is CCCNCCC.CCOc1cccc2c1CCCS2. The quantitative estimate of drug-likeness (QED) is 0.780. The average Bonchev–Trinajstić information content (AvgIpc) is 2.49. The third-order valence-corrected chi connectivity index (χ3v) is 4.26. The first-order valence-electron chi connectivity index (χ1n) is 7.91. The van der Waals surface area contributed by atoms with Crippen molar-refractivity contribution in [3.8, 4) is 5.75 Å². The molecule has 0 atom stereocenters. The number of fused-ring (bicyclic) bond motifs is 1. The van der Waals surface area contributed by atoms with Gasteiger partial charge in [-0.25, -0.2) is 0 Å². The zero-order chi connectivity index (χ0) is 14.6. The van der Waals surface area contributed by atoms with E-state index in [0.717, 1.165) is 12.4 Å². The Morgan fingerprint density at radius 2 is 1.90 bits per heavy atom. The summed E-state index contributed by atoms with van der Waals surface area (Å²) < 4.78 is 5.59. The van der Waals surface area contributed by atoms with Crippen LogP contribution in [0, 0.1) is 0 Å². The van der Waals surface area contributed by atoms with Crippen LogP contribution in [-0.4, -0.2) is 25.4 Å². The predicted molar refractivity (Wildman–Crippen MR) is 90.1 cm³/mol. The van der Waals surface area contributed by atoms with Crippen LogP contribution < -0.4 is 10.1 Å². The first-order chi connectivity index (χ1) is 9.83. The summed E-state index contributed by atoms with van der Waals surface area (Å²) in [5.41, 5.74) is 1.42. The van der Waals surface area contributed by atoms with E-state index in [1.54, 1.807) is 0 Å². The fourth-order valence-electron chi connectivity index (χ4n) is 2.13. The maximum absolute atomic E-state index is 5.59. The molecule has 2 rings (SSSR count). The Bertz CT molecular complexity index is 364. The molecule has 0 bridgehead atoms. The summed E-state index contributed by atoms with van der Waals surface area (Å²) >= 11 is 1.95. The smallest absolute Gasteiger partial charge is 0.123 e. The Balaban J connectivity index is 0.000000246. The van der Waals surface area contributed by atoms with E-state index in [4.69, 9.17) is 4.74 Å². The second-order valence-electron chi connectivity index (χ2n) is 4.87. The number of ether oxygens (including phenoxy) is 1. The molecule has 0 unspecified atom stereocenters. The molecule has 1 N–H and O–H groups in total. The molecule has 1 aliphatic rings. The molecule has 1 aromatic rings. The number of nitrogens with one attached hydrogen (secondary N) is 1. The minimum atomic E-state index is 0.765. The summed E-state index contributed by atoms with van der Waals surface area (Å²) in [6.07, 6.45) is 4.96. The standard InChI is InChI=1S/C11H14OS.C6H15N/c1-2-12-10-6-3-7-11-9(10)5-4-8-13-11;1-3-5-7-6-4-2/h3,6-7H,2,4-5,8H2,1H3;7H,3-6H2,1-2H3. The number of hydrogen-bond acceptors (Lipinski definition) is 3. The highest BCUT2D eigenvalue weighted by molar-refractivity contribution is 7.99. The minimum Gasteiger partial charge on any atom is -0.494 e. The van der Waals surface area contributed by atoms with Crippen molar-refractivity contribution in [2.24, 2.45) is 0 Å². The first-order valence-corrected chi connectivity index (χ1v) is 8.90. The van der Waals surface area contributed by atoms with E-state index in [-0.39, 0.29) is 0 Å². The van der Waals surface area contributed by atoms with E-state index >= 15 is 0 Å². The van der Waals surface area contributed by atoms with Gasteiger partial charge in [0.15, 0.2) is 0 Å². The van der Waals surface area contributed by atoms with Crippen LogP contribution >= 0.6 is 11.8 Å². The Hall–Kier alpha value is -0.670. The van der Waals surface area contributed by atoms with Crippen LogP contribution in [0.5, 0.6) is 5.75 Å². The number of hydrogen-bond donors (Lipinski definition) is 1. The van der Waals surface area contributed by atoms with Crippen molar-refractivity contribution in [2.75, 3.05) is 25.4 Å². The first kappa shape index (κ1) is 17.4. The van der Waals surface area contributed by atoms with Crippen molar-refractivity contribution in [2.45, 2.75) is 51.3 Å². The van der Waals surface area contributed by atoms with E-state index in [1.165, 1.54) is 55.0 Å². The molecule has 0 saturated carbocycles. The molecule has 20 heavy (non-hydrogen) atoms. The highest BCUT2D eigenvalue weighted by Crippen LogP contribution is 2.35. The van der Waals surface area contributed by atoms with Gasteiger partial charge in [-0.05, 0) is 63.6 Å². The van der Waals surface area contributed by atoms with Crippen LogP contribution in [0.15, 0.2) is 23.1 Å². The zero-order valence-electron chi connectivity index (χ0n) is 13.2.